The molecule has 10 N–H and O–H groups in total. The third-order valence-corrected chi connectivity index (χ3v) is 3.48. The Balaban J connectivity index is 2.22. The van der Waals surface area contributed by atoms with Crippen LogP contribution >= 0.6 is 11.0 Å². The van der Waals surface area contributed by atoms with Gasteiger partial charge in [-0.2, -0.15) is 4.98 Å². The molecule has 0 unspecified atom stereocenters. The summed E-state index contributed by atoms with van der Waals surface area (Å²) in [4.78, 5) is 21.8. The number of nitrogens with one attached hydrogen (secondary N) is 2. The highest BCUT2D eigenvalue weighted by atomic mass is 32.3. The average Bonchev–Trinajstić information content (AvgIpc) is 3.00. The topological polar surface area (TPSA) is 222 Å². The highest BCUT2D eigenvalue weighted by molar-refractivity contribution is 8.23. The molecule has 0 radical (unpaired) electrons. The van der Waals surface area contributed by atoms with Crippen LogP contribution < -0.4 is 21.2 Å². The summed E-state index contributed by atoms with van der Waals surface area (Å²) in [5.74, 6) is -1.31. The average molecular weight is 359 g/mol. The molecule has 0 saturated carbocycles. The van der Waals surface area contributed by atoms with E-state index in [0.29, 0.717) is 0 Å². The normalized spacial score (nSPS) is 12.7. The molecular weight excluding hydrogens is 346 g/mol. The molecular formula is C10H13N7O6S. The molecule has 0 amide bonds. The van der Waals surface area contributed by atoms with Crippen LogP contribution in [0.15, 0.2) is 15.5 Å². The van der Waals surface area contributed by atoms with Gasteiger partial charge in [-0.3, -0.25) is 23.6 Å². The van der Waals surface area contributed by atoms with Crippen molar-refractivity contribution in [3.05, 3.63) is 22.4 Å². The van der Waals surface area contributed by atoms with Crippen LogP contribution in [-0.4, -0.2) is 38.8 Å². The number of nitrogens with two attached hydrogens (primary N) is 2. The van der Waals surface area contributed by atoms with Gasteiger partial charge in [0.25, 0.3) is 11.4 Å². The molecule has 0 aliphatic heterocycles. The number of aromatic nitrogens is 4. The number of rotatable bonds is 4. The maximum Gasteiger partial charge on any atom is 0.280 e. The first-order valence-corrected chi connectivity index (χ1v) is 7.84. The predicted octanol–water partition coefficient (Wildman–Crippen LogP) is -0.567. The summed E-state index contributed by atoms with van der Waals surface area (Å²) in [7, 11) is -3.74. The number of aromatic hydroxyl groups is 1. The molecule has 0 atom stereocenters. The van der Waals surface area contributed by atoms with Gasteiger partial charge in [0.1, 0.15) is 18.6 Å². The fraction of sp³-hybridized carbons (Fsp3) is 0.100. The van der Waals surface area contributed by atoms with Crippen LogP contribution in [0.4, 0.5) is 11.6 Å². The van der Waals surface area contributed by atoms with E-state index in [-0.39, 0.29) is 34.4 Å². The molecule has 0 bridgehead atoms. The SMILES string of the molecule is Nc1nc2c(ncn2-c2oc(CO)c(NS(N)(O)O)c2O)c(=O)[nH]1. The van der Waals surface area contributed by atoms with Crippen molar-refractivity contribution >= 4 is 33.8 Å². The van der Waals surface area contributed by atoms with Crippen molar-refractivity contribution in [2.24, 2.45) is 5.14 Å². The molecule has 3 aromatic heterocycles. The molecule has 3 aromatic rings. The summed E-state index contributed by atoms with van der Waals surface area (Å²) >= 11 is 0. The second-order valence-corrected chi connectivity index (χ2v) is 6.03. The van der Waals surface area contributed by atoms with Crippen molar-refractivity contribution < 1.29 is 23.7 Å². The number of anilines is 2. The van der Waals surface area contributed by atoms with E-state index >= 15 is 0 Å². The summed E-state index contributed by atoms with van der Waals surface area (Å²) in [5.41, 5.74) is 4.47. The standard InChI is InChI=1S/C10H13N7O6S/c11-10-14-7-5(8(20)15-10)13-2-17(7)9-6(19)4(3(1-18)23-9)16-24(12,21)22/h2,16,18-19,21-22H,1,12H2,(H3,11,14,15,20). The minimum absolute atomic E-state index is 0.0179. The smallest absolute Gasteiger partial charge is 0.280 e. The third kappa shape index (κ3) is 2.63. The highest BCUT2D eigenvalue weighted by Crippen LogP contribution is 2.43. The van der Waals surface area contributed by atoms with E-state index in [4.69, 9.17) is 15.3 Å². The van der Waals surface area contributed by atoms with E-state index in [2.05, 4.69) is 15.0 Å². The number of H-pyrrole nitrogens is 1. The number of nitrogen functional groups attached to an aromatic ring is 1. The number of imidazole rings is 1. The third-order valence-electron chi connectivity index (χ3n) is 2.98. The molecule has 0 saturated heterocycles. The summed E-state index contributed by atoms with van der Waals surface area (Å²) in [6, 6.07) is 0. The Morgan fingerprint density at radius 3 is 2.79 bits per heavy atom. The van der Waals surface area contributed by atoms with Crippen molar-refractivity contribution in [2.45, 2.75) is 6.61 Å². The fourth-order valence-electron chi connectivity index (χ4n) is 2.06. The van der Waals surface area contributed by atoms with Crippen molar-refractivity contribution in [1.82, 2.24) is 19.5 Å². The van der Waals surface area contributed by atoms with Gasteiger partial charge in [0.2, 0.25) is 11.7 Å². The van der Waals surface area contributed by atoms with Gasteiger partial charge < -0.3 is 20.4 Å². The highest BCUT2D eigenvalue weighted by Gasteiger charge is 2.25. The lowest BCUT2D eigenvalue weighted by molar-refractivity contribution is 0.247. The van der Waals surface area contributed by atoms with Crippen molar-refractivity contribution in [3.8, 4) is 11.6 Å². The molecule has 0 spiro atoms. The van der Waals surface area contributed by atoms with Crippen molar-refractivity contribution in [3.63, 3.8) is 0 Å². The molecule has 13 nitrogen and oxygen atoms in total. The summed E-state index contributed by atoms with van der Waals surface area (Å²) in [6.45, 7) is -0.686. The molecule has 24 heavy (non-hydrogen) atoms. The number of nitrogens with zero attached hydrogens (tertiary/aromatic N) is 3. The first-order valence-electron chi connectivity index (χ1n) is 6.23. The number of fused-ring (bicyclic) bond motifs is 1. The minimum Gasteiger partial charge on any atom is -0.502 e. The largest absolute Gasteiger partial charge is 0.502 e. The maximum absolute atomic E-state index is 11.8. The first kappa shape index (κ1) is 16.1. The number of hydrogen-bond acceptors (Lipinski definition) is 11. The zero-order valence-electron chi connectivity index (χ0n) is 11.8. The van der Waals surface area contributed by atoms with Gasteiger partial charge in [-0.25, -0.2) is 14.7 Å². The zero-order valence-corrected chi connectivity index (χ0v) is 12.6. The lowest BCUT2D eigenvalue weighted by Gasteiger charge is -2.27. The second-order valence-electron chi connectivity index (χ2n) is 4.65. The van der Waals surface area contributed by atoms with Crippen LogP contribution in [0.25, 0.3) is 17.0 Å². The van der Waals surface area contributed by atoms with Gasteiger partial charge in [-0.1, -0.05) is 11.0 Å². The predicted molar refractivity (Wildman–Crippen MR) is 84.4 cm³/mol. The van der Waals surface area contributed by atoms with E-state index < -0.39 is 28.9 Å². The Morgan fingerprint density at radius 2 is 2.17 bits per heavy atom. The maximum atomic E-state index is 11.8. The van der Waals surface area contributed by atoms with Crippen LogP contribution in [-0.2, 0) is 6.61 Å². The van der Waals surface area contributed by atoms with Gasteiger partial charge in [0.15, 0.2) is 16.9 Å². The summed E-state index contributed by atoms with van der Waals surface area (Å²) in [5, 5.41) is 24.6. The van der Waals surface area contributed by atoms with Crippen LogP contribution in [0, 0.1) is 0 Å². The Morgan fingerprint density at radius 1 is 1.46 bits per heavy atom. The summed E-state index contributed by atoms with van der Waals surface area (Å²) < 4.78 is 27.0. The van der Waals surface area contributed by atoms with Crippen molar-refractivity contribution in [2.75, 3.05) is 10.5 Å². The van der Waals surface area contributed by atoms with Crippen LogP contribution in [0.2, 0.25) is 0 Å². The minimum atomic E-state index is -3.74. The van der Waals surface area contributed by atoms with Crippen LogP contribution in [0.3, 0.4) is 0 Å². The lowest BCUT2D eigenvalue weighted by atomic mass is 10.4. The molecule has 3 heterocycles. The van der Waals surface area contributed by atoms with E-state index in [1.165, 1.54) is 0 Å². The number of furan rings is 1. The van der Waals surface area contributed by atoms with Gasteiger partial charge in [0.05, 0.1) is 0 Å². The number of aromatic amines is 1. The quantitative estimate of drug-likeness (QED) is 0.294. The Kier molecular flexibility index (Phi) is 3.61. The van der Waals surface area contributed by atoms with Crippen LogP contribution in [0.5, 0.6) is 5.75 Å². The van der Waals surface area contributed by atoms with E-state index in [9.17, 15) is 24.1 Å². The van der Waals surface area contributed by atoms with Crippen molar-refractivity contribution in [1.29, 1.82) is 0 Å². The first-order chi connectivity index (χ1) is 11.2. The Labute approximate surface area is 134 Å². The molecule has 0 fully saturated rings. The van der Waals surface area contributed by atoms with E-state index in [1.807, 2.05) is 4.72 Å². The molecule has 0 aliphatic rings. The Hall–Kier alpha value is -2.78. The van der Waals surface area contributed by atoms with Gasteiger partial charge in [-0.05, 0) is 0 Å². The van der Waals surface area contributed by atoms with E-state index in [1.54, 1.807) is 0 Å². The van der Waals surface area contributed by atoms with Gasteiger partial charge >= 0.3 is 0 Å². The van der Waals surface area contributed by atoms with Gasteiger partial charge in [-0.15, -0.1) is 0 Å². The monoisotopic (exact) mass is 359 g/mol. The fourth-order valence-corrected chi connectivity index (χ4v) is 2.57. The van der Waals surface area contributed by atoms with Crippen LogP contribution in [0.1, 0.15) is 5.76 Å². The molecule has 14 heteroatoms. The number of hydrogen-bond donors (Lipinski definition) is 8. The number of aliphatic hydroxyl groups excluding tert-OH is 1. The molecule has 0 aromatic carbocycles. The molecule has 3 rings (SSSR count). The zero-order chi connectivity index (χ0) is 17.6. The number of aliphatic hydroxyl groups is 1. The molecule has 130 valence electrons. The Bertz CT molecular complexity index is 971. The van der Waals surface area contributed by atoms with Gasteiger partial charge in [0, 0.05) is 0 Å². The molecule has 0 aliphatic carbocycles. The van der Waals surface area contributed by atoms with E-state index in [0.717, 1.165) is 10.9 Å². The second kappa shape index (κ2) is 5.39. The lowest BCUT2D eigenvalue weighted by Crippen LogP contribution is -2.17. The summed E-state index contributed by atoms with van der Waals surface area (Å²) in [6.07, 6.45) is 1.14.